The van der Waals surface area contributed by atoms with Crippen LogP contribution in [0.4, 0.5) is 0 Å². The van der Waals surface area contributed by atoms with Crippen LogP contribution in [0, 0.1) is 13.8 Å². The van der Waals surface area contributed by atoms with Gasteiger partial charge < -0.3 is 0 Å². The van der Waals surface area contributed by atoms with E-state index in [1.54, 1.807) is 6.33 Å². The molecule has 2 aromatic rings. The molecule has 0 amide bonds. The van der Waals surface area contributed by atoms with Crippen LogP contribution in [-0.4, -0.2) is 9.97 Å². The van der Waals surface area contributed by atoms with E-state index in [-0.39, 0.29) is 0 Å². The number of benzene rings is 1. The summed E-state index contributed by atoms with van der Waals surface area (Å²) >= 11 is 0. The summed E-state index contributed by atoms with van der Waals surface area (Å²) in [7, 11) is 0. The molecule has 1 heterocycles. The molecule has 0 spiro atoms. The molecule has 0 fully saturated rings. The molecule has 60 valence electrons. The van der Waals surface area contributed by atoms with Gasteiger partial charge in [0.05, 0.1) is 5.52 Å². The Balaban J connectivity index is 2.96. The highest BCUT2D eigenvalue weighted by Gasteiger charge is 2.00. The number of hydrogen-bond acceptors (Lipinski definition) is 2. The predicted molar refractivity (Wildman–Crippen MR) is 49.0 cm³/mol. The van der Waals surface area contributed by atoms with Crippen LogP contribution in [0.25, 0.3) is 10.9 Å². The second-order valence-electron chi connectivity index (χ2n) is 2.93. The van der Waals surface area contributed by atoms with Gasteiger partial charge in [0.15, 0.2) is 0 Å². The molecule has 1 aromatic heterocycles. The largest absolute Gasteiger partial charge is 0.241 e. The van der Waals surface area contributed by atoms with Gasteiger partial charge in [0.2, 0.25) is 0 Å². The maximum Gasteiger partial charge on any atom is 0.116 e. The van der Waals surface area contributed by atoms with Crippen molar-refractivity contribution < 1.29 is 0 Å². The van der Waals surface area contributed by atoms with E-state index < -0.39 is 0 Å². The lowest BCUT2D eigenvalue weighted by atomic mass is 10.1. The molecule has 0 unspecified atom stereocenters. The van der Waals surface area contributed by atoms with Crippen LogP contribution in [0.3, 0.4) is 0 Å². The average molecular weight is 158 g/mol. The molecule has 12 heavy (non-hydrogen) atoms. The van der Waals surface area contributed by atoms with Gasteiger partial charge in [-0.05, 0) is 25.5 Å². The molecule has 0 aliphatic heterocycles. The van der Waals surface area contributed by atoms with Crippen molar-refractivity contribution in [1.82, 2.24) is 9.97 Å². The Hall–Kier alpha value is -1.44. The third kappa shape index (κ3) is 0.961. The molecular formula is C10H10N2. The Bertz CT molecular complexity index is 384. The third-order valence-corrected chi connectivity index (χ3v) is 2.06. The molecular weight excluding hydrogens is 148 g/mol. The van der Waals surface area contributed by atoms with Crippen molar-refractivity contribution in [3.05, 3.63) is 35.8 Å². The van der Waals surface area contributed by atoms with Crippen molar-refractivity contribution >= 4 is 10.9 Å². The van der Waals surface area contributed by atoms with E-state index in [1.807, 2.05) is 19.1 Å². The van der Waals surface area contributed by atoms with E-state index in [0.29, 0.717) is 0 Å². The van der Waals surface area contributed by atoms with E-state index in [2.05, 4.69) is 23.0 Å². The molecule has 0 bridgehead atoms. The summed E-state index contributed by atoms with van der Waals surface area (Å²) in [5.74, 6) is 0. The van der Waals surface area contributed by atoms with Gasteiger partial charge in [0, 0.05) is 11.1 Å². The summed E-state index contributed by atoms with van der Waals surface area (Å²) in [5.41, 5.74) is 3.33. The van der Waals surface area contributed by atoms with Crippen molar-refractivity contribution in [2.45, 2.75) is 13.8 Å². The Kier molecular flexibility index (Phi) is 1.54. The van der Waals surface area contributed by atoms with E-state index >= 15 is 0 Å². The van der Waals surface area contributed by atoms with Crippen LogP contribution in [0.2, 0.25) is 0 Å². The molecule has 2 heteroatoms. The maximum atomic E-state index is 4.19. The lowest BCUT2D eigenvalue weighted by Gasteiger charge is -2.02. The number of fused-ring (bicyclic) bond motifs is 1. The molecule has 2 nitrogen and oxygen atoms in total. The first-order valence-corrected chi connectivity index (χ1v) is 3.96. The van der Waals surface area contributed by atoms with Gasteiger partial charge >= 0.3 is 0 Å². The Labute approximate surface area is 71.3 Å². The van der Waals surface area contributed by atoms with Crippen molar-refractivity contribution in [3.8, 4) is 0 Å². The Morgan fingerprint density at radius 2 is 1.92 bits per heavy atom. The minimum absolute atomic E-state index is 1.03. The fourth-order valence-corrected chi connectivity index (χ4v) is 1.47. The normalized spacial score (nSPS) is 10.5. The molecule has 0 radical (unpaired) electrons. The zero-order chi connectivity index (χ0) is 8.55. The monoisotopic (exact) mass is 158 g/mol. The van der Waals surface area contributed by atoms with Gasteiger partial charge in [-0.25, -0.2) is 9.97 Å². The van der Waals surface area contributed by atoms with Crippen molar-refractivity contribution in [2.75, 3.05) is 0 Å². The second-order valence-corrected chi connectivity index (χ2v) is 2.93. The SMILES string of the molecule is Cc1cccc2ncnc(C)c12. The number of nitrogens with zero attached hydrogens (tertiary/aromatic N) is 2. The zero-order valence-corrected chi connectivity index (χ0v) is 7.20. The minimum atomic E-state index is 1.03. The highest BCUT2D eigenvalue weighted by Crippen LogP contribution is 2.17. The highest BCUT2D eigenvalue weighted by molar-refractivity contribution is 5.83. The van der Waals surface area contributed by atoms with Crippen LogP contribution in [-0.2, 0) is 0 Å². The fraction of sp³-hybridized carbons (Fsp3) is 0.200. The lowest BCUT2D eigenvalue weighted by Crippen LogP contribution is -1.88. The predicted octanol–water partition coefficient (Wildman–Crippen LogP) is 2.25. The number of hydrogen-bond donors (Lipinski definition) is 0. The van der Waals surface area contributed by atoms with Crippen molar-refractivity contribution in [2.24, 2.45) is 0 Å². The van der Waals surface area contributed by atoms with Crippen LogP contribution in [0.15, 0.2) is 24.5 Å². The highest BCUT2D eigenvalue weighted by atomic mass is 14.8. The molecule has 0 saturated carbocycles. The van der Waals surface area contributed by atoms with E-state index in [4.69, 9.17) is 0 Å². The second kappa shape index (κ2) is 2.55. The summed E-state index contributed by atoms with van der Waals surface area (Å²) in [6, 6.07) is 6.11. The zero-order valence-electron chi connectivity index (χ0n) is 7.20. The van der Waals surface area contributed by atoms with Crippen molar-refractivity contribution in [3.63, 3.8) is 0 Å². The molecule has 0 atom stereocenters. The third-order valence-electron chi connectivity index (χ3n) is 2.06. The van der Waals surface area contributed by atoms with E-state index in [1.165, 1.54) is 10.9 Å². The molecule has 1 aromatic carbocycles. The Morgan fingerprint density at radius 3 is 2.67 bits per heavy atom. The first-order chi connectivity index (χ1) is 5.79. The average Bonchev–Trinajstić information content (AvgIpc) is 2.04. The smallest absolute Gasteiger partial charge is 0.116 e. The topological polar surface area (TPSA) is 25.8 Å². The Morgan fingerprint density at radius 1 is 1.08 bits per heavy atom. The summed E-state index contributed by atoms with van der Waals surface area (Å²) in [6.45, 7) is 4.09. The summed E-state index contributed by atoms with van der Waals surface area (Å²) in [4.78, 5) is 8.35. The van der Waals surface area contributed by atoms with Gasteiger partial charge in [-0.2, -0.15) is 0 Å². The number of rotatable bonds is 0. The number of aromatic nitrogens is 2. The van der Waals surface area contributed by atoms with Crippen LogP contribution in [0.1, 0.15) is 11.3 Å². The first-order valence-electron chi connectivity index (χ1n) is 3.96. The van der Waals surface area contributed by atoms with Gasteiger partial charge in [0.25, 0.3) is 0 Å². The maximum absolute atomic E-state index is 4.19. The van der Waals surface area contributed by atoms with Gasteiger partial charge in [-0.1, -0.05) is 12.1 Å². The lowest BCUT2D eigenvalue weighted by molar-refractivity contribution is 1.15. The molecule has 0 N–H and O–H groups in total. The fourth-order valence-electron chi connectivity index (χ4n) is 1.47. The quantitative estimate of drug-likeness (QED) is 0.587. The molecule has 0 saturated heterocycles. The van der Waals surface area contributed by atoms with E-state index in [0.717, 1.165) is 11.2 Å². The van der Waals surface area contributed by atoms with Crippen molar-refractivity contribution in [1.29, 1.82) is 0 Å². The van der Waals surface area contributed by atoms with E-state index in [9.17, 15) is 0 Å². The summed E-state index contributed by atoms with van der Waals surface area (Å²) in [6.07, 6.45) is 1.61. The summed E-state index contributed by atoms with van der Waals surface area (Å²) in [5, 5.41) is 1.18. The van der Waals surface area contributed by atoms with Gasteiger partial charge in [-0.15, -0.1) is 0 Å². The molecule has 2 rings (SSSR count). The van der Waals surface area contributed by atoms with Gasteiger partial charge in [0.1, 0.15) is 6.33 Å². The van der Waals surface area contributed by atoms with Crippen LogP contribution in [0.5, 0.6) is 0 Å². The minimum Gasteiger partial charge on any atom is -0.241 e. The first kappa shape index (κ1) is 7.22. The van der Waals surface area contributed by atoms with Gasteiger partial charge in [-0.3, -0.25) is 0 Å². The van der Waals surface area contributed by atoms with Crippen LogP contribution >= 0.6 is 0 Å². The standard InChI is InChI=1S/C10H10N2/c1-7-4-3-5-9-10(7)8(2)11-6-12-9/h3-6H,1-2H3. The summed E-state index contributed by atoms with van der Waals surface area (Å²) < 4.78 is 0. The van der Waals surface area contributed by atoms with Crippen LogP contribution < -0.4 is 0 Å². The molecule has 0 aliphatic rings. The number of aryl methyl sites for hydroxylation is 2. The molecule has 0 aliphatic carbocycles.